The van der Waals surface area contributed by atoms with Gasteiger partial charge in [-0.3, -0.25) is 4.90 Å². The molecule has 0 spiro atoms. The Morgan fingerprint density at radius 3 is 2.12 bits per heavy atom. The fraction of sp³-hybridized carbons (Fsp3) is 1.00. The van der Waals surface area contributed by atoms with Gasteiger partial charge in [0, 0.05) is 12.1 Å². The summed E-state index contributed by atoms with van der Waals surface area (Å²) in [7, 11) is 1.91. The summed E-state index contributed by atoms with van der Waals surface area (Å²) in [6.07, 6.45) is -0.369. The molecule has 16 heavy (non-hydrogen) atoms. The third-order valence-corrected chi connectivity index (χ3v) is 3.41. The van der Waals surface area contributed by atoms with Gasteiger partial charge in [-0.05, 0) is 39.3 Å². The first kappa shape index (κ1) is 13.8. The van der Waals surface area contributed by atoms with E-state index >= 15 is 0 Å². The van der Waals surface area contributed by atoms with E-state index in [2.05, 4.69) is 5.32 Å². The Labute approximate surface area is 95.2 Å². The highest BCUT2D eigenvalue weighted by atomic mass is 19.4. The first-order chi connectivity index (χ1) is 7.46. The Bertz CT molecular complexity index is 198. The molecule has 0 atom stereocenters. The molecule has 0 unspecified atom stereocenters. The quantitative estimate of drug-likeness (QED) is 0.809. The molecule has 1 aliphatic carbocycles. The van der Waals surface area contributed by atoms with Crippen LogP contribution in [0.15, 0.2) is 0 Å². The lowest BCUT2D eigenvalue weighted by Crippen LogP contribution is -2.45. The minimum absolute atomic E-state index is 0.108. The standard InChI is InChI=1S/C11H21F3N2/c1-3-16(8-11(12,13)14)10-6-4-9(15-2)5-7-10/h9-10,15H,3-8H2,1-2H3. The zero-order chi connectivity index (χ0) is 12.2. The number of halogens is 3. The Kier molecular flexibility index (Phi) is 5.05. The van der Waals surface area contributed by atoms with Crippen molar-refractivity contribution in [3.63, 3.8) is 0 Å². The van der Waals surface area contributed by atoms with Gasteiger partial charge in [-0.2, -0.15) is 13.2 Å². The summed E-state index contributed by atoms with van der Waals surface area (Å²) in [5, 5.41) is 3.19. The average Bonchev–Trinajstić information content (AvgIpc) is 2.25. The monoisotopic (exact) mass is 238 g/mol. The molecule has 5 heteroatoms. The van der Waals surface area contributed by atoms with Gasteiger partial charge in [0.25, 0.3) is 0 Å². The summed E-state index contributed by atoms with van der Waals surface area (Å²) >= 11 is 0. The van der Waals surface area contributed by atoms with Gasteiger partial charge in [0.2, 0.25) is 0 Å². The molecule has 0 bridgehead atoms. The van der Waals surface area contributed by atoms with Crippen LogP contribution in [0.5, 0.6) is 0 Å². The van der Waals surface area contributed by atoms with Gasteiger partial charge in [0.15, 0.2) is 0 Å². The highest BCUT2D eigenvalue weighted by Crippen LogP contribution is 2.26. The van der Waals surface area contributed by atoms with Crippen LogP contribution in [0, 0.1) is 0 Å². The van der Waals surface area contributed by atoms with E-state index in [9.17, 15) is 13.2 Å². The molecule has 1 aliphatic rings. The van der Waals surface area contributed by atoms with Crippen LogP contribution in [0.4, 0.5) is 13.2 Å². The lowest BCUT2D eigenvalue weighted by molar-refractivity contribution is -0.151. The van der Waals surface area contributed by atoms with Crippen molar-refractivity contribution in [2.75, 3.05) is 20.1 Å². The van der Waals surface area contributed by atoms with Crippen LogP contribution < -0.4 is 5.32 Å². The van der Waals surface area contributed by atoms with Crippen LogP contribution in [0.2, 0.25) is 0 Å². The molecule has 0 heterocycles. The molecule has 1 N–H and O–H groups in total. The fourth-order valence-corrected chi connectivity index (χ4v) is 2.46. The number of nitrogens with zero attached hydrogens (tertiary/aromatic N) is 1. The lowest BCUT2D eigenvalue weighted by atomic mass is 9.90. The van der Waals surface area contributed by atoms with E-state index in [0.29, 0.717) is 12.6 Å². The Morgan fingerprint density at radius 2 is 1.75 bits per heavy atom. The van der Waals surface area contributed by atoms with Crippen molar-refractivity contribution in [2.24, 2.45) is 0 Å². The van der Waals surface area contributed by atoms with Gasteiger partial charge < -0.3 is 5.32 Å². The first-order valence-electron chi connectivity index (χ1n) is 5.94. The predicted molar refractivity (Wildman–Crippen MR) is 58.4 cm³/mol. The highest BCUT2D eigenvalue weighted by molar-refractivity contribution is 4.82. The second kappa shape index (κ2) is 5.87. The van der Waals surface area contributed by atoms with E-state index in [1.54, 1.807) is 11.8 Å². The smallest absolute Gasteiger partial charge is 0.317 e. The van der Waals surface area contributed by atoms with Crippen molar-refractivity contribution < 1.29 is 13.2 Å². The maximum absolute atomic E-state index is 12.3. The van der Waals surface area contributed by atoms with Gasteiger partial charge in [0.1, 0.15) is 0 Å². The number of rotatable bonds is 4. The highest BCUT2D eigenvalue weighted by Gasteiger charge is 2.34. The van der Waals surface area contributed by atoms with Crippen LogP contribution in [0.3, 0.4) is 0 Å². The summed E-state index contributed by atoms with van der Waals surface area (Å²) in [5.41, 5.74) is 0. The van der Waals surface area contributed by atoms with Crippen molar-refractivity contribution in [1.29, 1.82) is 0 Å². The summed E-state index contributed by atoms with van der Waals surface area (Å²) in [5.74, 6) is 0. The SMILES string of the molecule is CCN(CC(F)(F)F)C1CCC(NC)CC1. The van der Waals surface area contributed by atoms with Gasteiger partial charge in [-0.1, -0.05) is 6.92 Å². The minimum atomic E-state index is -4.07. The van der Waals surface area contributed by atoms with Gasteiger partial charge in [-0.15, -0.1) is 0 Å². The molecule has 0 radical (unpaired) electrons. The van der Waals surface area contributed by atoms with E-state index in [4.69, 9.17) is 0 Å². The van der Waals surface area contributed by atoms with Crippen molar-refractivity contribution in [3.8, 4) is 0 Å². The minimum Gasteiger partial charge on any atom is -0.317 e. The number of alkyl halides is 3. The Hall–Kier alpha value is -0.290. The maximum atomic E-state index is 12.3. The topological polar surface area (TPSA) is 15.3 Å². The number of nitrogens with one attached hydrogen (secondary N) is 1. The molecule has 1 rings (SSSR count). The van der Waals surface area contributed by atoms with E-state index in [1.807, 2.05) is 7.05 Å². The van der Waals surface area contributed by atoms with Gasteiger partial charge >= 0.3 is 6.18 Å². The molecular weight excluding hydrogens is 217 g/mol. The van der Waals surface area contributed by atoms with E-state index < -0.39 is 12.7 Å². The second-order valence-electron chi connectivity index (χ2n) is 4.47. The first-order valence-corrected chi connectivity index (χ1v) is 5.94. The molecule has 0 amide bonds. The average molecular weight is 238 g/mol. The third kappa shape index (κ3) is 4.29. The molecule has 0 aromatic carbocycles. The van der Waals surface area contributed by atoms with Gasteiger partial charge in [0.05, 0.1) is 6.54 Å². The van der Waals surface area contributed by atoms with Crippen molar-refractivity contribution in [3.05, 3.63) is 0 Å². The molecule has 96 valence electrons. The van der Waals surface area contributed by atoms with Crippen molar-refractivity contribution >= 4 is 0 Å². The van der Waals surface area contributed by atoms with Crippen LogP contribution >= 0.6 is 0 Å². The zero-order valence-electron chi connectivity index (χ0n) is 9.98. The van der Waals surface area contributed by atoms with Crippen molar-refractivity contribution in [2.45, 2.75) is 50.9 Å². The number of hydrogen-bond donors (Lipinski definition) is 1. The Balaban J connectivity index is 2.43. The Morgan fingerprint density at radius 1 is 1.19 bits per heavy atom. The maximum Gasteiger partial charge on any atom is 0.401 e. The van der Waals surface area contributed by atoms with Crippen LogP contribution in [-0.2, 0) is 0 Å². The third-order valence-electron chi connectivity index (χ3n) is 3.41. The fourth-order valence-electron chi connectivity index (χ4n) is 2.46. The molecule has 0 saturated heterocycles. The molecule has 0 aromatic rings. The van der Waals surface area contributed by atoms with E-state index in [1.165, 1.54) is 0 Å². The summed E-state index contributed by atoms with van der Waals surface area (Å²) in [4.78, 5) is 1.56. The summed E-state index contributed by atoms with van der Waals surface area (Å²) < 4.78 is 37.0. The molecule has 1 fully saturated rings. The van der Waals surface area contributed by atoms with Crippen LogP contribution in [0.1, 0.15) is 32.6 Å². The molecular formula is C11H21F3N2. The largest absolute Gasteiger partial charge is 0.401 e. The van der Waals surface area contributed by atoms with Crippen LogP contribution in [0.25, 0.3) is 0 Å². The van der Waals surface area contributed by atoms with E-state index in [-0.39, 0.29) is 6.04 Å². The molecule has 2 nitrogen and oxygen atoms in total. The summed E-state index contributed by atoms with van der Waals surface area (Å²) in [6, 6.07) is 0.595. The summed E-state index contributed by atoms with van der Waals surface area (Å²) in [6.45, 7) is 1.52. The predicted octanol–water partition coefficient (Wildman–Crippen LogP) is 2.40. The molecule has 1 saturated carbocycles. The molecule has 0 aromatic heterocycles. The normalized spacial score (nSPS) is 27.4. The number of hydrogen-bond acceptors (Lipinski definition) is 2. The second-order valence-corrected chi connectivity index (χ2v) is 4.47. The lowest BCUT2D eigenvalue weighted by Gasteiger charge is -2.36. The van der Waals surface area contributed by atoms with Crippen LogP contribution in [-0.4, -0.2) is 43.3 Å². The van der Waals surface area contributed by atoms with Gasteiger partial charge in [-0.25, -0.2) is 0 Å². The zero-order valence-corrected chi connectivity index (χ0v) is 9.98. The van der Waals surface area contributed by atoms with E-state index in [0.717, 1.165) is 25.7 Å². The molecule has 0 aliphatic heterocycles. The van der Waals surface area contributed by atoms with Crippen molar-refractivity contribution in [1.82, 2.24) is 10.2 Å².